The van der Waals surface area contributed by atoms with Gasteiger partial charge in [-0.2, -0.15) is 0 Å². The Morgan fingerprint density at radius 3 is 2.43 bits per heavy atom. The molecule has 0 amide bonds. The first-order chi connectivity index (χ1) is 10.0. The molecule has 0 radical (unpaired) electrons. The normalized spacial score (nSPS) is 10.1. The zero-order valence-electron chi connectivity index (χ0n) is 10.7. The maximum atomic E-state index is 11.0. The van der Waals surface area contributed by atoms with E-state index < -0.39 is 15.5 Å². The van der Waals surface area contributed by atoms with Crippen LogP contribution < -0.4 is 5.32 Å². The summed E-state index contributed by atoms with van der Waals surface area (Å²) < 4.78 is 0. The minimum absolute atomic E-state index is 0.140. The first kappa shape index (κ1) is 14.4. The van der Waals surface area contributed by atoms with E-state index in [2.05, 4.69) is 5.32 Å². The minimum Gasteiger partial charge on any atom is -0.392 e. The Morgan fingerprint density at radius 1 is 1.05 bits per heavy atom. The number of non-ortho nitro benzene ring substituents is 1. The molecule has 21 heavy (non-hydrogen) atoms. The van der Waals surface area contributed by atoms with E-state index in [-0.39, 0.29) is 18.0 Å². The Balaban J connectivity index is 2.38. The highest BCUT2D eigenvalue weighted by molar-refractivity contribution is 5.71. The van der Waals surface area contributed by atoms with E-state index in [1.165, 1.54) is 12.1 Å². The molecule has 0 aliphatic carbocycles. The lowest BCUT2D eigenvalue weighted by Gasteiger charge is -2.08. The molecule has 0 spiro atoms. The predicted octanol–water partition coefficient (Wildman–Crippen LogP) is 2.74. The highest BCUT2D eigenvalue weighted by atomic mass is 16.6. The zero-order chi connectivity index (χ0) is 15.4. The van der Waals surface area contributed by atoms with Crippen molar-refractivity contribution in [2.75, 3.05) is 5.32 Å². The van der Waals surface area contributed by atoms with Crippen molar-refractivity contribution in [2.45, 2.75) is 6.61 Å². The van der Waals surface area contributed by atoms with Gasteiger partial charge in [0.25, 0.3) is 11.4 Å². The number of nitrogens with zero attached hydrogens (tertiary/aromatic N) is 2. The summed E-state index contributed by atoms with van der Waals surface area (Å²) in [7, 11) is 0. The number of rotatable bonds is 5. The molecule has 8 heteroatoms. The van der Waals surface area contributed by atoms with Crippen LogP contribution in [0.15, 0.2) is 42.5 Å². The van der Waals surface area contributed by atoms with Crippen molar-refractivity contribution in [3.63, 3.8) is 0 Å². The number of hydrogen-bond donors (Lipinski definition) is 2. The smallest absolute Gasteiger partial charge is 0.299 e. The molecule has 108 valence electrons. The molecule has 0 unspecified atom stereocenters. The molecule has 0 saturated heterocycles. The van der Waals surface area contributed by atoms with Crippen molar-refractivity contribution in [3.8, 4) is 0 Å². The Kier molecular flexibility index (Phi) is 4.10. The van der Waals surface area contributed by atoms with Crippen LogP contribution in [-0.2, 0) is 6.61 Å². The summed E-state index contributed by atoms with van der Waals surface area (Å²) in [4.78, 5) is 20.3. The fraction of sp³-hybridized carbons (Fsp3) is 0.0769. The number of aliphatic hydroxyl groups excluding tert-OH is 1. The third kappa shape index (κ3) is 3.31. The van der Waals surface area contributed by atoms with Gasteiger partial charge in [0.15, 0.2) is 0 Å². The second kappa shape index (κ2) is 5.97. The first-order valence-electron chi connectivity index (χ1n) is 5.91. The Morgan fingerprint density at radius 2 is 1.81 bits per heavy atom. The van der Waals surface area contributed by atoms with Gasteiger partial charge in [0.2, 0.25) is 0 Å². The molecule has 0 fully saturated rings. The summed E-state index contributed by atoms with van der Waals surface area (Å²) in [5.74, 6) is 0. The number of nitro benzene ring substituents is 2. The van der Waals surface area contributed by atoms with Crippen molar-refractivity contribution >= 4 is 22.7 Å². The molecule has 0 heterocycles. The molecule has 0 aromatic heterocycles. The number of anilines is 2. The van der Waals surface area contributed by atoms with Crippen molar-refractivity contribution in [2.24, 2.45) is 0 Å². The van der Waals surface area contributed by atoms with Crippen LogP contribution in [0.1, 0.15) is 5.56 Å². The van der Waals surface area contributed by atoms with Gasteiger partial charge in [0.05, 0.1) is 22.5 Å². The Hall–Kier alpha value is -3.00. The second-order valence-corrected chi connectivity index (χ2v) is 4.20. The van der Waals surface area contributed by atoms with Crippen LogP contribution in [0, 0.1) is 20.2 Å². The lowest BCUT2D eigenvalue weighted by Crippen LogP contribution is -1.99. The monoisotopic (exact) mass is 289 g/mol. The van der Waals surface area contributed by atoms with E-state index in [4.69, 9.17) is 5.11 Å². The van der Waals surface area contributed by atoms with E-state index >= 15 is 0 Å². The van der Waals surface area contributed by atoms with E-state index in [0.29, 0.717) is 11.3 Å². The van der Waals surface area contributed by atoms with Gasteiger partial charge >= 0.3 is 0 Å². The van der Waals surface area contributed by atoms with Gasteiger partial charge in [0, 0.05) is 11.8 Å². The molecule has 0 bridgehead atoms. The van der Waals surface area contributed by atoms with Crippen molar-refractivity contribution in [1.82, 2.24) is 0 Å². The van der Waals surface area contributed by atoms with Crippen molar-refractivity contribution < 1.29 is 15.0 Å². The molecule has 0 atom stereocenters. The lowest BCUT2D eigenvalue weighted by molar-refractivity contribution is -0.393. The van der Waals surface area contributed by atoms with Crippen LogP contribution in [-0.4, -0.2) is 15.0 Å². The SMILES string of the molecule is O=[N+]([O-])c1ccc(Nc2cccc(CO)c2)c([N+](=O)[O-])c1. The van der Waals surface area contributed by atoms with E-state index in [1.807, 2.05) is 0 Å². The quantitative estimate of drug-likeness (QED) is 0.645. The topological polar surface area (TPSA) is 119 Å². The van der Waals surface area contributed by atoms with Crippen LogP contribution in [0.5, 0.6) is 0 Å². The van der Waals surface area contributed by atoms with Crippen LogP contribution in [0.2, 0.25) is 0 Å². The molecule has 0 aliphatic heterocycles. The maximum Gasteiger partial charge on any atom is 0.299 e. The molecule has 2 rings (SSSR count). The van der Waals surface area contributed by atoms with Crippen molar-refractivity contribution in [1.29, 1.82) is 0 Å². The number of hydrogen-bond acceptors (Lipinski definition) is 6. The van der Waals surface area contributed by atoms with Gasteiger partial charge in [-0.15, -0.1) is 0 Å². The average Bonchev–Trinajstić information content (AvgIpc) is 2.47. The van der Waals surface area contributed by atoms with E-state index in [9.17, 15) is 20.2 Å². The molecule has 2 aromatic carbocycles. The third-order valence-corrected chi connectivity index (χ3v) is 2.78. The van der Waals surface area contributed by atoms with Gasteiger partial charge in [-0.3, -0.25) is 20.2 Å². The molecule has 2 aromatic rings. The van der Waals surface area contributed by atoms with E-state index in [1.54, 1.807) is 24.3 Å². The number of nitrogens with one attached hydrogen (secondary N) is 1. The number of aliphatic hydroxyl groups is 1. The Bertz CT molecular complexity index is 702. The molecular weight excluding hydrogens is 278 g/mol. The number of nitro groups is 2. The van der Waals surface area contributed by atoms with E-state index in [0.717, 1.165) is 6.07 Å². The highest BCUT2D eigenvalue weighted by Crippen LogP contribution is 2.31. The second-order valence-electron chi connectivity index (χ2n) is 4.20. The average molecular weight is 289 g/mol. The summed E-state index contributed by atoms with van der Waals surface area (Å²) in [6.07, 6.45) is 0. The molecule has 0 aliphatic rings. The summed E-state index contributed by atoms with van der Waals surface area (Å²) in [5.41, 5.74) is 0.582. The van der Waals surface area contributed by atoms with Gasteiger partial charge in [0.1, 0.15) is 5.69 Å². The summed E-state index contributed by atoms with van der Waals surface area (Å²) >= 11 is 0. The fourth-order valence-electron chi connectivity index (χ4n) is 1.79. The van der Waals surface area contributed by atoms with Crippen molar-refractivity contribution in [3.05, 3.63) is 68.3 Å². The van der Waals surface area contributed by atoms with Crippen LogP contribution in [0.4, 0.5) is 22.7 Å². The third-order valence-electron chi connectivity index (χ3n) is 2.78. The highest BCUT2D eigenvalue weighted by Gasteiger charge is 2.19. The van der Waals surface area contributed by atoms with Gasteiger partial charge in [-0.05, 0) is 23.8 Å². The maximum absolute atomic E-state index is 11.0. The molecule has 0 saturated carbocycles. The number of benzene rings is 2. The minimum atomic E-state index is -0.691. The first-order valence-corrected chi connectivity index (χ1v) is 5.91. The molecule has 8 nitrogen and oxygen atoms in total. The van der Waals surface area contributed by atoms with Crippen LogP contribution in [0.25, 0.3) is 0 Å². The summed E-state index contributed by atoms with van der Waals surface area (Å²) in [6, 6.07) is 10.1. The molecule has 2 N–H and O–H groups in total. The molecular formula is C13H11N3O5. The van der Waals surface area contributed by atoms with Crippen LogP contribution in [0.3, 0.4) is 0 Å². The van der Waals surface area contributed by atoms with Gasteiger partial charge < -0.3 is 10.4 Å². The lowest BCUT2D eigenvalue weighted by atomic mass is 10.2. The summed E-state index contributed by atoms with van der Waals surface area (Å²) in [6.45, 7) is -0.155. The Labute approximate surface area is 119 Å². The largest absolute Gasteiger partial charge is 0.392 e. The summed E-state index contributed by atoms with van der Waals surface area (Å²) in [5, 5.41) is 33.6. The van der Waals surface area contributed by atoms with Gasteiger partial charge in [-0.25, -0.2) is 0 Å². The fourth-order valence-corrected chi connectivity index (χ4v) is 1.79. The predicted molar refractivity (Wildman–Crippen MR) is 75.4 cm³/mol. The van der Waals surface area contributed by atoms with Gasteiger partial charge in [-0.1, -0.05) is 12.1 Å². The standard InChI is InChI=1S/C13H11N3O5/c17-8-9-2-1-3-10(6-9)14-12-5-4-11(15(18)19)7-13(12)16(20)21/h1-7,14,17H,8H2. The van der Waals surface area contributed by atoms with Crippen LogP contribution >= 0.6 is 0 Å². The zero-order valence-corrected chi connectivity index (χ0v) is 10.7.